The van der Waals surface area contributed by atoms with Gasteiger partial charge in [-0.3, -0.25) is 0 Å². The summed E-state index contributed by atoms with van der Waals surface area (Å²) in [5.41, 5.74) is 4.57. The molecule has 0 saturated heterocycles. The predicted molar refractivity (Wildman–Crippen MR) is 99.8 cm³/mol. The second-order valence-electron chi connectivity index (χ2n) is 6.16. The number of nitrogens with zero attached hydrogens (tertiary/aromatic N) is 6. The number of ether oxygens (including phenoxy) is 1. The summed E-state index contributed by atoms with van der Waals surface area (Å²) >= 11 is 0. The molecule has 0 amide bonds. The first-order chi connectivity index (χ1) is 13.3. The van der Waals surface area contributed by atoms with E-state index in [4.69, 9.17) is 4.74 Å². The number of nitrogens with one attached hydrogen (secondary N) is 1. The van der Waals surface area contributed by atoms with Gasteiger partial charge in [0.2, 0.25) is 5.82 Å². The van der Waals surface area contributed by atoms with Crippen molar-refractivity contribution in [3.05, 3.63) is 60.6 Å². The number of hydrogen-bond acceptors (Lipinski definition) is 6. The number of aromatic amines is 1. The van der Waals surface area contributed by atoms with Crippen LogP contribution in [0.15, 0.2) is 55.0 Å². The topological polar surface area (TPSA) is 93.9 Å². The van der Waals surface area contributed by atoms with Crippen LogP contribution in [-0.4, -0.2) is 42.3 Å². The Morgan fingerprint density at radius 1 is 1.11 bits per heavy atom. The van der Waals surface area contributed by atoms with Gasteiger partial charge >= 0.3 is 0 Å². The van der Waals surface area contributed by atoms with Crippen LogP contribution in [-0.2, 0) is 11.3 Å². The van der Waals surface area contributed by atoms with Gasteiger partial charge in [-0.1, -0.05) is 36.4 Å². The zero-order chi connectivity index (χ0) is 18.2. The van der Waals surface area contributed by atoms with Crippen molar-refractivity contribution in [2.24, 2.45) is 0 Å². The molecule has 132 valence electrons. The Kier molecular flexibility index (Phi) is 3.61. The fourth-order valence-electron chi connectivity index (χ4n) is 3.37. The third-order valence-corrected chi connectivity index (χ3v) is 4.55. The molecule has 0 fully saturated rings. The third kappa shape index (κ3) is 2.54. The zero-order valence-corrected chi connectivity index (χ0v) is 14.5. The van der Waals surface area contributed by atoms with Gasteiger partial charge < -0.3 is 4.74 Å². The standard InChI is InChI=1S/C19H15N7O/c1-27-11-13-7-6-12-4-2-3-5-15(12)17(13)14-8-20-19-16(9-21-26(19)10-14)18-22-24-25-23-18/h2-10H,11H2,1H3,(H,22,23,24,25). The molecule has 0 radical (unpaired) electrons. The van der Waals surface area contributed by atoms with Crippen LogP contribution in [0.4, 0.5) is 0 Å². The van der Waals surface area contributed by atoms with E-state index in [1.165, 1.54) is 5.39 Å². The minimum absolute atomic E-state index is 0.468. The van der Waals surface area contributed by atoms with Crippen LogP contribution in [0, 0.1) is 0 Å². The van der Waals surface area contributed by atoms with Gasteiger partial charge in [-0.25, -0.2) is 9.50 Å². The molecule has 0 spiro atoms. The second-order valence-corrected chi connectivity index (χ2v) is 6.16. The lowest BCUT2D eigenvalue weighted by Gasteiger charge is -2.13. The van der Waals surface area contributed by atoms with Crippen LogP contribution in [0.2, 0.25) is 0 Å². The van der Waals surface area contributed by atoms with Crippen molar-refractivity contribution in [1.29, 1.82) is 0 Å². The highest BCUT2D eigenvalue weighted by Gasteiger charge is 2.15. The number of rotatable bonds is 4. The lowest BCUT2D eigenvalue weighted by molar-refractivity contribution is 0.185. The van der Waals surface area contributed by atoms with E-state index in [-0.39, 0.29) is 0 Å². The molecule has 1 N–H and O–H groups in total. The summed E-state index contributed by atoms with van der Waals surface area (Å²) < 4.78 is 7.15. The smallest absolute Gasteiger partial charge is 0.210 e. The summed E-state index contributed by atoms with van der Waals surface area (Å²) in [5, 5.41) is 20.8. The van der Waals surface area contributed by atoms with Gasteiger partial charge in [0.25, 0.3) is 0 Å². The van der Waals surface area contributed by atoms with Crippen molar-refractivity contribution in [1.82, 2.24) is 35.2 Å². The molecule has 5 aromatic rings. The van der Waals surface area contributed by atoms with Gasteiger partial charge in [-0.15, -0.1) is 10.2 Å². The Labute approximate surface area is 153 Å². The largest absolute Gasteiger partial charge is 0.380 e. The van der Waals surface area contributed by atoms with E-state index in [0.717, 1.165) is 27.6 Å². The van der Waals surface area contributed by atoms with Crippen molar-refractivity contribution in [2.45, 2.75) is 6.61 Å². The average molecular weight is 357 g/mol. The molecule has 3 heterocycles. The van der Waals surface area contributed by atoms with Crippen LogP contribution in [0.5, 0.6) is 0 Å². The minimum atomic E-state index is 0.468. The Morgan fingerprint density at radius 3 is 2.89 bits per heavy atom. The summed E-state index contributed by atoms with van der Waals surface area (Å²) in [6.45, 7) is 0.519. The number of hydrogen-bond donors (Lipinski definition) is 1. The first-order valence-corrected chi connectivity index (χ1v) is 8.42. The second kappa shape index (κ2) is 6.26. The lowest BCUT2D eigenvalue weighted by atomic mass is 9.95. The van der Waals surface area contributed by atoms with Gasteiger partial charge in [0.15, 0.2) is 5.65 Å². The van der Waals surface area contributed by atoms with Crippen LogP contribution in [0.3, 0.4) is 0 Å². The van der Waals surface area contributed by atoms with E-state index in [2.05, 4.69) is 55.0 Å². The Bertz CT molecular complexity index is 1240. The predicted octanol–water partition coefficient (Wildman–Crippen LogP) is 2.88. The molecule has 0 saturated carbocycles. The van der Waals surface area contributed by atoms with Crippen LogP contribution >= 0.6 is 0 Å². The van der Waals surface area contributed by atoms with Crippen LogP contribution in [0.1, 0.15) is 5.56 Å². The molecule has 0 aliphatic rings. The molecule has 0 aliphatic carbocycles. The Hall–Kier alpha value is -3.65. The summed E-state index contributed by atoms with van der Waals surface area (Å²) in [4.78, 5) is 4.62. The monoisotopic (exact) mass is 357 g/mol. The molecule has 0 bridgehead atoms. The molecule has 0 unspecified atom stereocenters. The number of tetrazole rings is 1. The molecule has 0 aliphatic heterocycles. The zero-order valence-electron chi connectivity index (χ0n) is 14.5. The molecule has 2 aromatic carbocycles. The van der Waals surface area contributed by atoms with E-state index in [9.17, 15) is 0 Å². The van der Waals surface area contributed by atoms with E-state index >= 15 is 0 Å². The quantitative estimate of drug-likeness (QED) is 0.531. The molecule has 5 rings (SSSR count). The molecule has 8 heteroatoms. The van der Waals surface area contributed by atoms with Gasteiger partial charge in [0.1, 0.15) is 0 Å². The maximum absolute atomic E-state index is 5.41. The van der Waals surface area contributed by atoms with E-state index in [1.807, 2.05) is 24.5 Å². The molecule has 27 heavy (non-hydrogen) atoms. The van der Waals surface area contributed by atoms with Gasteiger partial charge in [0.05, 0.1) is 18.4 Å². The van der Waals surface area contributed by atoms with Crippen molar-refractivity contribution in [3.8, 4) is 22.5 Å². The fourth-order valence-corrected chi connectivity index (χ4v) is 3.37. The first kappa shape index (κ1) is 15.6. The van der Waals surface area contributed by atoms with Crippen LogP contribution < -0.4 is 0 Å². The van der Waals surface area contributed by atoms with E-state index in [0.29, 0.717) is 18.1 Å². The summed E-state index contributed by atoms with van der Waals surface area (Å²) in [6.07, 6.45) is 5.50. The van der Waals surface area contributed by atoms with E-state index < -0.39 is 0 Å². The summed E-state index contributed by atoms with van der Waals surface area (Å²) in [7, 11) is 1.70. The highest BCUT2D eigenvalue weighted by molar-refractivity contribution is 5.98. The van der Waals surface area contributed by atoms with Crippen molar-refractivity contribution >= 4 is 16.4 Å². The number of fused-ring (bicyclic) bond motifs is 2. The maximum atomic E-state index is 5.41. The molecule has 0 atom stereocenters. The normalized spacial score (nSPS) is 11.4. The van der Waals surface area contributed by atoms with Crippen LogP contribution in [0.25, 0.3) is 38.9 Å². The summed E-state index contributed by atoms with van der Waals surface area (Å²) in [6, 6.07) is 12.5. The van der Waals surface area contributed by atoms with Gasteiger partial charge in [-0.05, 0) is 27.1 Å². The number of methoxy groups -OCH3 is 1. The molecule has 8 nitrogen and oxygen atoms in total. The Morgan fingerprint density at radius 2 is 2.04 bits per heavy atom. The number of benzene rings is 2. The van der Waals surface area contributed by atoms with Crippen molar-refractivity contribution < 1.29 is 4.74 Å². The minimum Gasteiger partial charge on any atom is -0.380 e. The van der Waals surface area contributed by atoms with E-state index in [1.54, 1.807) is 17.8 Å². The third-order valence-electron chi connectivity index (χ3n) is 4.55. The van der Waals surface area contributed by atoms with Crippen molar-refractivity contribution in [3.63, 3.8) is 0 Å². The average Bonchev–Trinajstić information content (AvgIpc) is 3.37. The molecular formula is C19H15N7O. The maximum Gasteiger partial charge on any atom is 0.210 e. The summed E-state index contributed by atoms with van der Waals surface area (Å²) in [5.74, 6) is 0.468. The fraction of sp³-hybridized carbons (Fsp3) is 0.105. The molecule has 3 aromatic heterocycles. The first-order valence-electron chi connectivity index (χ1n) is 8.42. The Balaban J connectivity index is 1.73. The molecular weight excluding hydrogens is 342 g/mol. The highest BCUT2D eigenvalue weighted by Crippen LogP contribution is 2.33. The SMILES string of the molecule is COCc1ccc2ccccc2c1-c1cnc2c(-c3nn[nH]n3)cnn2c1. The van der Waals surface area contributed by atoms with Crippen molar-refractivity contribution in [2.75, 3.05) is 7.11 Å². The van der Waals surface area contributed by atoms with Gasteiger partial charge in [0, 0.05) is 25.1 Å². The van der Waals surface area contributed by atoms with Gasteiger partial charge in [-0.2, -0.15) is 10.3 Å². The number of H-pyrrole nitrogens is 1. The highest BCUT2D eigenvalue weighted by atomic mass is 16.5. The number of aromatic nitrogens is 7. The lowest BCUT2D eigenvalue weighted by Crippen LogP contribution is -1.97.